The Balaban J connectivity index is 1.71. The number of nitrogens with zero attached hydrogens (tertiary/aromatic N) is 3. The summed E-state index contributed by atoms with van der Waals surface area (Å²) in [6.07, 6.45) is 6.94. The third kappa shape index (κ3) is 4.31. The van der Waals surface area contributed by atoms with Gasteiger partial charge in [-0.1, -0.05) is 23.2 Å². The summed E-state index contributed by atoms with van der Waals surface area (Å²) in [6, 6.07) is 5.64. The lowest BCUT2D eigenvalue weighted by molar-refractivity contribution is -0.0367. The van der Waals surface area contributed by atoms with Crippen molar-refractivity contribution in [2.24, 2.45) is 0 Å². The molecule has 0 spiro atoms. The summed E-state index contributed by atoms with van der Waals surface area (Å²) in [4.78, 5) is 3.98. The number of pyridine rings is 1. The van der Waals surface area contributed by atoms with Crippen LogP contribution in [-0.4, -0.2) is 21.4 Å². The minimum Gasteiger partial charge on any atom is -0.486 e. The maximum atomic E-state index is 13.7. The molecule has 158 valence electrons. The first-order chi connectivity index (χ1) is 14.4. The SMILES string of the molecule is C/C(F)=C/c1nn(C2CCCCO2)c2ccc(O[C@H](C)c3c(Cl)cncc3Cl)cc12. The van der Waals surface area contributed by atoms with Crippen molar-refractivity contribution in [3.63, 3.8) is 0 Å². The molecular formula is C22H22Cl2FN3O2. The highest BCUT2D eigenvalue weighted by atomic mass is 35.5. The van der Waals surface area contributed by atoms with Crippen molar-refractivity contribution in [2.75, 3.05) is 6.61 Å². The standard InChI is InChI=1S/C22H22Cl2FN3O2/c1-13(25)9-19-16-10-15(30-14(2)22-17(23)11-26-12-18(22)24)6-7-20(16)28(27-19)21-5-3-4-8-29-21/h6-7,9-12,14,21H,3-5,8H2,1-2H3/b13-9-/t14-,21?/m1/s1. The van der Waals surface area contributed by atoms with Crippen LogP contribution in [0.15, 0.2) is 36.4 Å². The van der Waals surface area contributed by atoms with Crippen LogP contribution < -0.4 is 4.74 Å². The van der Waals surface area contributed by atoms with E-state index >= 15 is 0 Å². The van der Waals surface area contributed by atoms with Gasteiger partial charge in [0.2, 0.25) is 0 Å². The second-order valence-electron chi connectivity index (χ2n) is 7.34. The second kappa shape index (κ2) is 8.92. The van der Waals surface area contributed by atoms with Crippen LogP contribution in [0.2, 0.25) is 10.0 Å². The maximum absolute atomic E-state index is 13.7. The van der Waals surface area contributed by atoms with Crippen molar-refractivity contribution >= 4 is 40.2 Å². The Kier molecular flexibility index (Phi) is 6.27. The van der Waals surface area contributed by atoms with E-state index in [0.717, 1.165) is 30.2 Å². The van der Waals surface area contributed by atoms with Crippen molar-refractivity contribution in [3.05, 3.63) is 57.7 Å². The molecule has 0 saturated carbocycles. The fraction of sp³-hybridized carbons (Fsp3) is 0.364. The van der Waals surface area contributed by atoms with Gasteiger partial charge in [-0.2, -0.15) is 5.10 Å². The third-order valence-corrected chi connectivity index (χ3v) is 5.68. The summed E-state index contributed by atoms with van der Waals surface area (Å²) in [5.74, 6) is 0.287. The molecule has 2 atom stereocenters. The summed E-state index contributed by atoms with van der Waals surface area (Å²) in [7, 11) is 0. The Morgan fingerprint density at radius 2 is 2.07 bits per heavy atom. The average Bonchev–Trinajstić information content (AvgIpc) is 3.06. The van der Waals surface area contributed by atoms with Crippen LogP contribution in [0.25, 0.3) is 17.0 Å². The lowest BCUT2D eigenvalue weighted by Crippen LogP contribution is -2.19. The first-order valence-corrected chi connectivity index (χ1v) is 10.6. The van der Waals surface area contributed by atoms with Crippen molar-refractivity contribution in [2.45, 2.75) is 45.4 Å². The molecule has 0 bridgehead atoms. The van der Waals surface area contributed by atoms with E-state index in [1.165, 1.54) is 25.4 Å². The minimum atomic E-state index is -0.399. The Morgan fingerprint density at radius 3 is 2.73 bits per heavy atom. The van der Waals surface area contributed by atoms with Gasteiger partial charge in [0.15, 0.2) is 6.23 Å². The van der Waals surface area contributed by atoms with E-state index in [4.69, 9.17) is 32.7 Å². The first-order valence-electron chi connectivity index (χ1n) is 9.87. The van der Waals surface area contributed by atoms with E-state index in [1.807, 2.05) is 29.8 Å². The van der Waals surface area contributed by atoms with Gasteiger partial charge in [0.1, 0.15) is 11.9 Å². The van der Waals surface area contributed by atoms with Gasteiger partial charge in [-0.25, -0.2) is 9.07 Å². The number of rotatable bonds is 5. The molecule has 1 aliphatic rings. The van der Waals surface area contributed by atoms with Crippen LogP contribution in [-0.2, 0) is 4.74 Å². The number of fused-ring (bicyclic) bond motifs is 1. The van der Waals surface area contributed by atoms with Gasteiger partial charge >= 0.3 is 0 Å². The predicted octanol–water partition coefficient (Wildman–Crippen LogP) is 6.91. The van der Waals surface area contributed by atoms with E-state index in [9.17, 15) is 4.39 Å². The highest BCUT2D eigenvalue weighted by Gasteiger charge is 2.22. The average molecular weight is 450 g/mol. The highest BCUT2D eigenvalue weighted by Crippen LogP contribution is 2.35. The predicted molar refractivity (Wildman–Crippen MR) is 117 cm³/mol. The normalized spacial score (nSPS) is 18.6. The molecule has 1 fully saturated rings. The summed E-state index contributed by atoms with van der Waals surface area (Å²) in [5, 5.41) is 6.30. The van der Waals surface area contributed by atoms with Crippen LogP contribution in [0, 0.1) is 0 Å². The zero-order chi connectivity index (χ0) is 21.3. The molecule has 0 aliphatic carbocycles. The third-order valence-electron chi connectivity index (χ3n) is 5.08. The van der Waals surface area contributed by atoms with Crippen molar-refractivity contribution in [1.82, 2.24) is 14.8 Å². The summed E-state index contributed by atoms with van der Waals surface area (Å²) in [6.45, 7) is 3.96. The second-order valence-corrected chi connectivity index (χ2v) is 8.15. The summed E-state index contributed by atoms with van der Waals surface area (Å²) >= 11 is 12.5. The molecule has 1 saturated heterocycles. The zero-order valence-corrected chi connectivity index (χ0v) is 18.3. The Bertz CT molecular complexity index is 1070. The molecule has 3 heterocycles. The molecule has 2 aromatic heterocycles. The highest BCUT2D eigenvalue weighted by molar-refractivity contribution is 6.35. The Hall–Kier alpha value is -2.15. The van der Waals surface area contributed by atoms with E-state index in [1.54, 1.807) is 0 Å². The van der Waals surface area contributed by atoms with Crippen LogP contribution in [0.3, 0.4) is 0 Å². The van der Waals surface area contributed by atoms with Crippen molar-refractivity contribution < 1.29 is 13.9 Å². The molecule has 5 nitrogen and oxygen atoms in total. The van der Waals surface area contributed by atoms with Gasteiger partial charge in [-0.15, -0.1) is 0 Å². The first kappa shape index (κ1) is 21.1. The largest absolute Gasteiger partial charge is 0.486 e. The quantitative estimate of drug-likeness (QED) is 0.424. The monoisotopic (exact) mass is 449 g/mol. The van der Waals surface area contributed by atoms with Gasteiger partial charge in [-0.3, -0.25) is 4.98 Å². The maximum Gasteiger partial charge on any atom is 0.150 e. The van der Waals surface area contributed by atoms with Crippen molar-refractivity contribution in [3.8, 4) is 5.75 Å². The molecule has 3 aromatic rings. The van der Waals surface area contributed by atoms with Crippen molar-refractivity contribution in [1.29, 1.82) is 0 Å². The van der Waals surface area contributed by atoms with Crippen LogP contribution >= 0.6 is 23.2 Å². The number of hydrogen-bond acceptors (Lipinski definition) is 4. The Morgan fingerprint density at radius 1 is 1.30 bits per heavy atom. The van der Waals surface area contributed by atoms with E-state index in [-0.39, 0.29) is 12.1 Å². The molecule has 4 rings (SSSR count). The molecular weight excluding hydrogens is 428 g/mol. The van der Waals surface area contributed by atoms with E-state index in [2.05, 4.69) is 10.1 Å². The topological polar surface area (TPSA) is 49.2 Å². The Labute approximate surface area is 184 Å². The number of aromatic nitrogens is 3. The lowest BCUT2D eigenvalue weighted by Gasteiger charge is -2.23. The van der Waals surface area contributed by atoms with E-state index in [0.29, 0.717) is 33.7 Å². The van der Waals surface area contributed by atoms with Gasteiger partial charge in [0.25, 0.3) is 0 Å². The van der Waals surface area contributed by atoms with Gasteiger partial charge < -0.3 is 9.47 Å². The lowest BCUT2D eigenvalue weighted by atomic mass is 10.1. The van der Waals surface area contributed by atoms with Crippen LogP contribution in [0.1, 0.15) is 56.7 Å². The molecule has 1 aromatic carbocycles. The van der Waals surface area contributed by atoms with Crippen LogP contribution in [0.4, 0.5) is 4.39 Å². The molecule has 0 radical (unpaired) electrons. The van der Waals surface area contributed by atoms with Gasteiger partial charge in [0.05, 0.1) is 27.1 Å². The number of halogens is 3. The smallest absolute Gasteiger partial charge is 0.150 e. The van der Waals surface area contributed by atoms with Gasteiger partial charge in [-0.05, 0) is 57.4 Å². The fourth-order valence-electron chi connectivity index (χ4n) is 3.72. The molecule has 1 unspecified atom stereocenters. The van der Waals surface area contributed by atoms with Crippen LogP contribution in [0.5, 0.6) is 5.75 Å². The number of allylic oxidation sites excluding steroid dienone is 1. The molecule has 0 amide bonds. The zero-order valence-electron chi connectivity index (χ0n) is 16.7. The molecule has 30 heavy (non-hydrogen) atoms. The fourth-order valence-corrected chi connectivity index (χ4v) is 4.39. The number of hydrogen-bond donors (Lipinski definition) is 0. The number of benzene rings is 1. The molecule has 8 heteroatoms. The molecule has 1 aliphatic heterocycles. The molecule has 0 N–H and O–H groups in total. The van der Waals surface area contributed by atoms with Gasteiger partial charge in [0, 0.05) is 30.0 Å². The summed E-state index contributed by atoms with van der Waals surface area (Å²) < 4.78 is 27.5. The minimum absolute atomic E-state index is 0.150. The number of ether oxygens (including phenoxy) is 2. The summed E-state index contributed by atoms with van der Waals surface area (Å²) in [5.41, 5.74) is 2.08. The van der Waals surface area contributed by atoms with E-state index < -0.39 is 6.10 Å².